The topological polar surface area (TPSA) is 49.4 Å². The van der Waals surface area contributed by atoms with Gasteiger partial charge in [0.25, 0.3) is 5.91 Å². The van der Waals surface area contributed by atoms with Crippen molar-refractivity contribution in [2.75, 3.05) is 0 Å². The van der Waals surface area contributed by atoms with Gasteiger partial charge in [0.2, 0.25) is 0 Å². The van der Waals surface area contributed by atoms with Crippen molar-refractivity contribution in [2.24, 2.45) is 0 Å². The van der Waals surface area contributed by atoms with Gasteiger partial charge in [-0.1, -0.05) is 39.7 Å². The second-order valence-corrected chi connectivity index (χ2v) is 7.31. The summed E-state index contributed by atoms with van der Waals surface area (Å²) in [5.41, 5.74) is 1.15. The molecule has 1 fully saturated rings. The van der Waals surface area contributed by atoms with E-state index in [1.54, 1.807) is 18.2 Å². The van der Waals surface area contributed by atoms with E-state index in [2.05, 4.69) is 21.2 Å². The van der Waals surface area contributed by atoms with Crippen LogP contribution in [0.5, 0.6) is 0 Å². The molecule has 3 amide bonds. The lowest BCUT2D eigenvalue weighted by Gasteiger charge is -2.11. The number of nitrogens with zero attached hydrogens (tertiary/aromatic N) is 1. The molecule has 1 aromatic carbocycles. The van der Waals surface area contributed by atoms with E-state index in [0.29, 0.717) is 4.34 Å². The van der Waals surface area contributed by atoms with Crippen LogP contribution in [0.25, 0.3) is 6.08 Å². The third-order valence-corrected chi connectivity index (χ3v) is 4.80. The minimum absolute atomic E-state index is 0.237. The van der Waals surface area contributed by atoms with E-state index in [4.69, 9.17) is 11.6 Å². The van der Waals surface area contributed by atoms with Crippen molar-refractivity contribution in [2.45, 2.75) is 6.54 Å². The van der Waals surface area contributed by atoms with Crippen molar-refractivity contribution in [1.82, 2.24) is 10.2 Å². The Hall–Kier alpha value is -1.63. The highest BCUT2D eigenvalue weighted by Gasteiger charge is 2.33. The number of carbonyl (C=O) groups is 2. The molecule has 3 rings (SSSR count). The van der Waals surface area contributed by atoms with Gasteiger partial charge in [-0.3, -0.25) is 9.69 Å². The molecule has 7 heteroatoms. The molecule has 0 radical (unpaired) electrons. The van der Waals surface area contributed by atoms with Crippen LogP contribution in [-0.2, 0) is 11.3 Å². The van der Waals surface area contributed by atoms with Gasteiger partial charge in [0.15, 0.2) is 0 Å². The van der Waals surface area contributed by atoms with Crippen LogP contribution < -0.4 is 5.32 Å². The molecular formula is C15H10BrClN2O2S. The van der Waals surface area contributed by atoms with E-state index in [1.165, 1.54) is 16.2 Å². The van der Waals surface area contributed by atoms with Crippen LogP contribution in [0.2, 0.25) is 4.34 Å². The Morgan fingerprint density at radius 2 is 1.91 bits per heavy atom. The van der Waals surface area contributed by atoms with Crippen LogP contribution in [0, 0.1) is 0 Å². The molecule has 0 bridgehead atoms. The molecule has 112 valence electrons. The highest BCUT2D eigenvalue weighted by atomic mass is 79.9. The molecular weight excluding hydrogens is 388 g/mol. The molecule has 1 N–H and O–H groups in total. The third kappa shape index (κ3) is 3.24. The van der Waals surface area contributed by atoms with Crippen LogP contribution in [0.1, 0.15) is 10.4 Å². The summed E-state index contributed by atoms with van der Waals surface area (Å²) in [6, 6.07) is 10.6. The number of benzene rings is 1. The normalized spacial score (nSPS) is 16.5. The number of amides is 3. The third-order valence-electron chi connectivity index (χ3n) is 3.10. The quantitative estimate of drug-likeness (QED) is 0.621. The van der Waals surface area contributed by atoms with E-state index >= 15 is 0 Å². The van der Waals surface area contributed by atoms with Crippen molar-refractivity contribution in [3.8, 4) is 0 Å². The number of imide groups is 1. The number of urea groups is 1. The van der Waals surface area contributed by atoms with Gasteiger partial charge in [-0.05, 0) is 35.9 Å². The lowest BCUT2D eigenvalue weighted by atomic mass is 10.2. The Morgan fingerprint density at radius 3 is 2.55 bits per heavy atom. The molecule has 0 saturated carbocycles. The van der Waals surface area contributed by atoms with Crippen molar-refractivity contribution < 1.29 is 9.59 Å². The van der Waals surface area contributed by atoms with E-state index in [-0.39, 0.29) is 18.1 Å². The lowest BCUT2D eigenvalue weighted by molar-refractivity contribution is -0.123. The number of hydrogen-bond donors (Lipinski definition) is 1. The van der Waals surface area contributed by atoms with E-state index < -0.39 is 6.03 Å². The molecule has 0 aliphatic carbocycles. The highest BCUT2D eigenvalue weighted by molar-refractivity contribution is 9.10. The monoisotopic (exact) mass is 396 g/mol. The fourth-order valence-electron chi connectivity index (χ4n) is 2.04. The summed E-state index contributed by atoms with van der Waals surface area (Å²) in [6.45, 7) is 0.237. The predicted molar refractivity (Wildman–Crippen MR) is 90.5 cm³/mol. The maximum Gasteiger partial charge on any atom is 0.329 e. The van der Waals surface area contributed by atoms with Gasteiger partial charge in [-0.15, -0.1) is 11.3 Å². The molecule has 1 aliphatic rings. The second-order valence-electron chi connectivity index (χ2n) is 4.65. The minimum atomic E-state index is -0.415. The van der Waals surface area contributed by atoms with Gasteiger partial charge in [0.05, 0.1) is 10.9 Å². The summed E-state index contributed by atoms with van der Waals surface area (Å²) in [6.07, 6.45) is 1.64. The average molecular weight is 398 g/mol. The van der Waals surface area contributed by atoms with Gasteiger partial charge in [0, 0.05) is 9.35 Å². The number of thiophene rings is 1. The summed E-state index contributed by atoms with van der Waals surface area (Å²) in [5.74, 6) is -0.336. The van der Waals surface area contributed by atoms with E-state index in [1.807, 2.05) is 24.3 Å². The fraction of sp³-hybridized carbons (Fsp3) is 0.0667. The summed E-state index contributed by atoms with van der Waals surface area (Å²) < 4.78 is 1.58. The molecule has 0 atom stereocenters. The van der Waals surface area contributed by atoms with Crippen LogP contribution in [0.4, 0.5) is 4.79 Å². The molecule has 22 heavy (non-hydrogen) atoms. The summed E-state index contributed by atoms with van der Waals surface area (Å²) >= 11 is 10.6. The first-order valence-corrected chi connectivity index (χ1v) is 8.36. The molecule has 2 heterocycles. The molecule has 1 saturated heterocycles. The van der Waals surface area contributed by atoms with Crippen LogP contribution in [0.3, 0.4) is 0 Å². The van der Waals surface area contributed by atoms with Crippen molar-refractivity contribution >= 4 is 56.9 Å². The number of rotatable bonds is 3. The summed E-state index contributed by atoms with van der Waals surface area (Å²) in [4.78, 5) is 26.3. The van der Waals surface area contributed by atoms with E-state index in [9.17, 15) is 9.59 Å². The number of carbonyl (C=O) groups excluding carboxylic acids is 2. The van der Waals surface area contributed by atoms with Crippen molar-refractivity contribution in [1.29, 1.82) is 0 Å². The van der Waals surface area contributed by atoms with Crippen LogP contribution >= 0.6 is 38.9 Å². The Kier molecular flexibility index (Phi) is 4.33. The average Bonchev–Trinajstić information content (AvgIpc) is 3.00. The maximum atomic E-state index is 12.3. The first kappa shape index (κ1) is 15.3. The zero-order chi connectivity index (χ0) is 15.7. The zero-order valence-electron chi connectivity index (χ0n) is 11.2. The number of hydrogen-bond acceptors (Lipinski definition) is 3. The van der Waals surface area contributed by atoms with Gasteiger partial charge in [-0.2, -0.15) is 0 Å². The Labute approximate surface area is 144 Å². The first-order chi connectivity index (χ1) is 10.5. The van der Waals surface area contributed by atoms with Crippen LogP contribution in [-0.4, -0.2) is 16.8 Å². The fourth-order valence-corrected chi connectivity index (χ4v) is 3.30. The van der Waals surface area contributed by atoms with Crippen molar-refractivity contribution in [3.05, 3.63) is 61.3 Å². The molecule has 1 aromatic heterocycles. The molecule has 1 aliphatic heterocycles. The van der Waals surface area contributed by atoms with Gasteiger partial charge in [-0.25, -0.2) is 4.79 Å². The lowest BCUT2D eigenvalue weighted by Crippen LogP contribution is -2.30. The Bertz CT molecular complexity index is 770. The van der Waals surface area contributed by atoms with Gasteiger partial charge < -0.3 is 5.32 Å². The Balaban J connectivity index is 1.79. The summed E-state index contributed by atoms with van der Waals surface area (Å²) in [5, 5.41) is 2.60. The largest absolute Gasteiger partial charge is 0.329 e. The first-order valence-electron chi connectivity index (χ1n) is 6.37. The SMILES string of the molecule is O=C1NC(=Cc2ccc(Cl)s2)C(=O)N1Cc1ccc(Br)cc1. The number of halogens is 2. The van der Waals surface area contributed by atoms with Gasteiger partial charge in [0.1, 0.15) is 5.70 Å². The minimum Gasteiger partial charge on any atom is -0.303 e. The highest BCUT2D eigenvalue weighted by Crippen LogP contribution is 2.25. The second kappa shape index (κ2) is 6.24. The van der Waals surface area contributed by atoms with E-state index in [0.717, 1.165) is 14.9 Å². The van der Waals surface area contributed by atoms with Gasteiger partial charge >= 0.3 is 6.03 Å². The summed E-state index contributed by atoms with van der Waals surface area (Å²) in [7, 11) is 0. The maximum absolute atomic E-state index is 12.3. The molecule has 0 unspecified atom stereocenters. The predicted octanol–water partition coefficient (Wildman–Crippen LogP) is 4.26. The zero-order valence-corrected chi connectivity index (χ0v) is 14.3. The molecule has 0 spiro atoms. The number of nitrogens with one attached hydrogen (secondary N) is 1. The molecule has 2 aromatic rings. The Morgan fingerprint density at radius 1 is 1.18 bits per heavy atom. The standard InChI is InChI=1S/C15H10BrClN2O2S/c16-10-3-1-9(2-4-10)8-19-14(20)12(18-15(19)21)7-11-5-6-13(17)22-11/h1-7H,8H2,(H,18,21). The van der Waals surface area contributed by atoms with Crippen molar-refractivity contribution in [3.63, 3.8) is 0 Å². The smallest absolute Gasteiger partial charge is 0.303 e. The van der Waals surface area contributed by atoms with Crippen LogP contribution in [0.15, 0.2) is 46.6 Å². The molecule has 4 nitrogen and oxygen atoms in total.